The van der Waals surface area contributed by atoms with Crippen molar-refractivity contribution in [2.75, 3.05) is 13.6 Å². The Balaban J connectivity index is 0.00000256. The number of aryl methyl sites for hydroxylation is 1. The summed E-state index contributed by atoms with van der Waals surface area (Å²) < 4.78 is 0. The Labute approximate surface area is 114 Å². The van der Waals surface area contributed by atoms with Crippen LogP contribution in [0.5, 0.6) is 0 Å². The minimum atomic E-state index is 0. The third-order valence-corrected chi connectivity index (χ3v) is 3.38. The van der Waals surface area contributed by atoms with Crippen LogP contribution in [-0.4, -0.2) is 30.4 Å². The highest BCUT2D eigenvalue weighted by Gasteiger charge is 2.16. The number of carbonyl (C=O) groups excluding carboxylic acids is 1. The molecule has 5 heteroatoms. The Morgan fingerprint density at radius 1 is 1.47 bits per heavy atom. The van der Waals surface area contributed by atoms with Crippen molar-refractivity contribution in [3.05, 3.63) is 21.9 Å². The minimum Gasteiger partial charge on any atom is -0.334 e. The molecule has 1 heterocycles. The fraction of sp³-hybridized carbons (Fsp3) is 0.583. The summed E-state index contributed by atoms with van der Waals surface area (Å²) in [5, 5.41) is 2.91. The number of halogens is 1. The van der Waals surface area contributed by atoms with Crippen LogP contribution in [0, 0.1) is 6.92 Å². The van der Waals surface area contributed by atoms with Gasteiger partial charge in [-0.15, -0.1) is 23.7 Å². The van der Waals surface area contributed by atoms with Crippen molar-refractivity contribution in [2.45, 2.75) is 33.4 Å². The lowest BCUT2D eigenvalue weighted by molar-refractivity contribution is -0.132. The summed E-state index contributed by atoms with van der Waals surface area (Å²) in [5.74, 6) is 0.156. The molecule has 0 fully saturated rings. The maximum absolute atomic E-state index is 11.9. The number of amides is 1. The van der Waals surface area contributed by atoms with Gasteiger partial charge in [-0.05, 0) is 40.0 Å². The Bertz CT molecular complexity index is 352. The monoisotopic (exact) mass is 276 g/mol. The van der Waals surface area contributed by atoms with Crippen LogP contribution >= 0.6 is 23.7 Å². The van der Waals surface area contributed by atoms with E-state index in [9.17, 15) is 4.79 Å². The maximum atomic E-state index is 11.9. The lowest BCUT2D eigenvalue weighted by atomic mass is 10.3. The van der Waals surface area contributed by atoms with E-state index >= 15 is 0 Å². The smallest absolute Gasteiger partial charge is 0.237 e. The Morgan fingerprint density at radius 2 is 2.12 bits per heavy atom. The van der Waals surface area contributed by atoms with Gasteiger partial charge in [0.1, 0.15) is 0 Å². The molecule has 0 aliphatic heterocycles. The standard InChI is InChI=1S/C12H20N2OS.ClH/c1-9(2)14(12(15)7-13-4)8-11-6-5-10(3)16-11;/h5-6,9,13H,7-8H2,1-4H3;1H. The summed E-state index contributed by atoms with van der Waals surface area (Å²) in [6.45, 7) is 7.31. The zero-order valence-corrected chi connectivity index (χ0v) is 12.5. The van der Waals surface area contributed by atoms with Crippen molar-refractivity contribution < 1.29 is 4.79 Å². The fourth-order valence-corrected chi connectivity index (χ4v) is 2.44. The molecule has 17 heavy (non-hydrogen) atoms. The van der Waals surface area contributed by atoms with Crippen molar-refractivity contribution in [3.63, 3.8) is 0 Å². The van der Waals surface area contributed by atoms with Crippen molar-refractivity contribution in [3.8, 4) is 0 Å². The van der Waals surface area contributed by atoms with Crippen molar-refractivity contribution >= 4 is 29.7 Å². The highest BCUT2D eigenvalue weighted by atomic mass is 35.5. The summed E-state index contributed by atoms with van der Waals surface area (Å²) >= 11 is 1.75. The van der Waals surface area contributed by atoms with Gasteiger partial charge in [0, 0.05) is 15.8 Å². The van der Waals surface area contributed by atoms with E-state index in [-0.39, 0.29) is 24.4 Å². The Kier molecular flexibility index (Phi) is 7.43. The molecule has 0 radical (unpaired) electrons. The maximum Gasteiger partial charge on any atom is 0.237 e. The van der Waals surface area contributed by atoms with Gasteiger partial charge >= 0.3 is 0 Å². The number of carbonyl (C=O) groups is 1. The van der Waals surface area contributed by atoms with E-state index in [2.05, 4.69) is 24.4 Å². The van der Waals surface area contributed by atoms with Crippen LogP contribution < -0.4 is 5.32 Å². The van der Waals surface area contributed by atoms with Gasteiger partial charge < -0.3 is 10.2 Å². The average molecular weight is 277 g/mol. The van der Waals surface area contributed by atoms with Crippen LogP contribution in [0.2, 0.25) is 0 Å². The van der Waals surface area contributed by atoms with Crippen molar-refractivity contribution in [2.24, 2.45) is 0 Å². The lowest BCUT2D eigenvalue weighted by Crippen LogP contribution is -2.40. The number of nitrogens with zero attached hydrogens (tertiary/aromatic N) is 1. The first-order chi connectivity index (χ1) is 7.54. The molecule has 98 valence electrons. The van der Waals surface area contributed by atoms with Gasteiger partial charge in [0.2, 0.25) is 5.91 Å². The quantitative estimate of drug-likeness (QED) is 0.896. The number of nitrogens with one attached hydrogen (secondary N) is 1. The van der Waals surface area contributed by atoms with Gasteiger partial charge in [-0.3, -0.25) is 4.79 Å². The molecule has 1 aromatic rings. The van der Waals surface area contributed by atoms with Crippen LogP contribution in [0.25, 0.3) is 0 Å². The molecule has 3 nitrogen and oxygen atoms in total. The second kappa shape index (κ2) is 7.69. The first-order valence-electron chi connectivity index (χ1n) is 5.54. The molecule has 0 unspecified atom stereocenters. The molecule has 0 atom stereocenters. The highest BCUT2D eigenvalue weighted by Crippen LogP contribution is 2.18. The average Bonchev–Trinajstić information content (AvgIpc) is 2.60. The summed E-state index contributed by atoms with van der Waals surface area (Å²) in [7, 11) is 1.80. The van der Waals surface area contributed by atoms with Crippen LogP contribution in [-0.2, 0) is 11.3 Å². The zero-order valence-electron chi connectivity index (χ0n) is 10.8. The first kappa shape index (κ1) is 16.4. The summed E-state index contributed by atoms with van der Waals surface area (Å²) in [4.78, 5) is 16.3. The van der Waals surface area contributed by atoms with E-state index in [1.54, 1.807) is 18.4 Å². The molecule has 0 aromatic carbocycles. The van der Waals surface area contributed by atoms with Crippen LogP contribution in [0.15, 0.2) is 12.1 Å². The molecular formula is C12H21ClN2OS. The fourth-order valence-electron chi connectivity index (χ4n) is 1.55. The van der Waals surface area contributed by atoms with E-state index < -0.39 is 0 Å². The predicted octanol–water partition coefficient (Wildman–Crippen LogP) is 2.43. The third-order valence-electron chi connectivity index (χ3n) is 2.39. The molecule has 0 aliphatic rings. The first-order valence-corrected chi connectivity index (χ1v) is 6.35. The van der Waals surface area contributed by atoms with Crippen LogP contribution in [0.1, 0.15) is 23.6 Å². The van der Waals surface area contributed by atoms with E-state index in [0.29, 0.717) is 6.54 Å². The van der Waals surface area contributed by atoms with E-state index in [1.807, 2.05) is 18.7 Å². The topological polar surface area (TPSA) is 32.3 Å². The zero-order chi connectivity index (χ0) is 12.1. The number of thiophene rings is 1. The number of rotatable bonds is 5. The number of hydrogen-bond donors (Lipinski definition) is 1. The van der Waals surface area contributed by atoms with E-state index in [4.69, 9.17) is 0 Å². The predicted molar refractivity (Wildman–Crippen MR) is 75.9 cm³/mol. The van der Waals surface area contributed by atoms with Gasteiger partial charge in [0.25, 0.3) is 0 Å². The van der Waals surface area contributed by atoms with Crippen LogP contribution in [0.3, 0.4) is 0 Å². The number of hydrogen-bond acceptors (Lipinski definition) is 3. The van der Waals surface area contributed by atoms with Gasteiger partial charge in [-0.25, -0.2) is 0 Å². The van der Waals surface area contributed by atoms with Crippen LogP contribution in [0.4, 0.5) is 0 Å². The molecule has 0 bridgehead atoms. The Morgan fingerprint density at radius 3 is 2.53 bits per heavy atom. The Hall–Kier alpha value is -0.580. The van der Waals surface area contributed by atoms with Gasteiger partial charge in [-0.1, -0.05) is 0 Å². The third kappa shape index (κ3) is 5.06. The highest BCUT2D eigenvalue weighted by molar-refractivity contribution is 7.11. The SMILES string of the molecule is CNCC(=O)N(Cc1ccc(C)s1)C(C)C.Cl. The largest absolute Gasteiger partial charge is 0.334 e. The van der Waals surface area contributed by atoms with Crippen molar-refractivity contribution in [1.29, 1.82) is 0 Å². The van der Waals surface area contributed by atoms with E-state index in [1.165, 1.54) is 9.75 Å². The van der Waals surface area contributed by atoms with E-state index in [0.717, 1.165) is 6.54 Å². The second-order valence-electron chi connectivity index (χ2n) is 4.16. The summed E-state index contributed by atoms with van der Waals surface area (Å²) in [5.41, 5.74) is 0. The molecule has 0 saturated heterocycles. The summed E-state index contributed by atoms with van der Waals surface area (Å²) in [6.07, 6.45) is 0. The summed E-state index contributed by atoms with van der Waals surface area (Å²) in [6, 6.07) is 4.44. The lowest BCUT2D eigenvalue weighted by Gasteiger charge is -2.26. The molecule has 1 N–H and O–H groups in total. The molecule has 0 saturated carbocycles. The molecule has 1 rings (SSSR count). The second-order valence-corrected chi connectivity index (χ2v) is 5.53. The van der Waals surface area contributed by atoms with Crippen molar-refractivity contribution in [1.82, 2.24) is 10.2 Å². The molecule has 0 spiro atoms. The normalized spacial score (nSPS) is 10.2. The molecular weight excluding hydrogens is 256 g/mol. The van der Waals surface area contributed by atoms with Gasteiger partial charge in [0.15, 0.2) is 0 Å². The van der Waals surface area contributed by atoms with Gasteiger partial charge in [0.05, 0.1) is 13.1 Å². The molecule has 1 aromatic heterocycles. The molecule has 1 amide bonds. The number of likely N-dealkylation sites (N-methyl/N-ethyl adjacent to an activating group) is 1. The van der Waals surface area contributed by atoms with Gasteiger partial charge in [-0.2, -0.15) is 0 Å². The minimum absolute atomic E-state index is 0. The molecule has 0 aliphatic carbocycles.